The molecule has 0 atom stereocenters. The molecule has 0 aliphatic carbocycles. The minimum Gasteiger partial charge on any atom is -0.497 e. The molecule has 2 N–H and O–H groups in total. The Morgan fingerprint density at radius 1 is 1.22 bits per heavy atom. The van der Waals surface area contributed by atoms with Crippen LogP contribution in [0.15, 0.2) is 47.5 Å². The number of amides is 1. The first kappa shape index (κ1) is 22.3. The van der Waals surface area contributed by atoms with E-state index < -0.39 is 21.7 Å². The van der Waals surface area contributed by atoms with Crippen molar-refractivity contribution in [3.63, 3.8) is 0 Å². The molecule has 9 heteroatoms. The van der Waals surface area contributed by atoms with Crippen molar-refractivity contribution in [2.24, 2.45) is 0 Å². The lowest BCUT2D eigenvalue weighted by atomic mass is 9.89. The molecule has 1 fully saturated rings. The summed E-state index contributed by atoms with van der Waals surface area (Å²) in [5.41, 5.74) is 1.98. The van der Waals surface area contributed by atoms with Gasteiger partial charge in [-0.1, -0.05) is 6.92 Å². The molecular weight excluding hydrogens is 433 g/mol. The minimum absolute atomic E-state index is 0.119. The molecule has 32 heavy (non-hydrogen) atoms. The number of hydrogen-bond donors (Lipinski definition) is 2. The number of benzene rings is 2. The van der Waals surface area contributed by atoms with Crippen LogP contribution in [0.2, 0.25) is 0 Å². The van der Waals surface area contributed by atoms with Crippen LogP contribution in [0.25, 0.3) is 10.9 Å². The summed E-state index contributed by atoms with van der Waals surface area (Å²) in [4.78, 5) is 17.8. The predicted molar refractivity (Wildman–Crippen MR) is 120 cm³/mol. The highest BCUT2D eigenvalue weighted by Crippen LogP contribution is 2.35. The largest absolute Gasteiger partial charge is 0.497 e. The Hall–Kier alpha value is -2.91. The van der Waals surface area contributed by atoms with E-state index in [-0.39, 0.29) is 22.9 Å². The first-order valence-electron chi connectivity index (χ1n) is 10.6. The molecule has 3 aromatic rings. The fourth-order valence-corrected chi connectivity index (χ4v) is 5.33. The molecule has 2 aromatic carbocycles. The number of ether oxygens (including phenoxy) is 1. The number of likely N-dealkylation sites (tertiary alicyclic amines) is 1. The number of fused-ring (bicyclic) bond motifs is 1. The first-order valence-corrected chi connectivity index (χ1v) is 12.1. The lowest BCUT2D eigenvalue weighted by Gasteiger charge is -2.32. The third kappa shape index (κ3) is 4.22. The number of halogens is 1. The zero-order valence-electron chi connectivity index (χ0n) is 18.0. The van der Waals surface area contributed by atoms with Crippen LogP contribution in [0.5, 0.6) is 5.75 Å². The average molecular weight is 460 g/mol. The van der Waals surface area contributed by atoms with Gasteiger partial charge in [0.25, 0.3) is 5.91 Å². The van der Waals surface area contributed by atoms with Crippen molar-refractivity contribution in [3.8, 4) is 5.75 Å². The number of hydrogen-bond acceptors (Lipinski definition) is 4. The van der Waals surface area contributed by atoms with Gasteiger partial charge in [-0.15, -0.1) is 0 Å². The van der Waals surface area contributed by atoms with E-state index >= 15 is 0 Å². The molecule has 0 unspecified atom stereocenters. The second kappa shape index (κ2) is 8.91. The molecule has 1 saturated heterocycles. The predicted octanol–water partition coefficient (Wildman–Crippen LogP) is 3.63. The van der Waals surface area contributed by atoms with Crippen LogP contribution in [0.3, 0.4) is 0 Å². The molecule has 0 bridgehead atoms. The molecule has 0 spiro atoms. The van der Waals surface area contributed by atoms with Crippen molar-refractivity contribution in [1.82, 2.24) is 14.6 Å². The van der Waals surface area contributed by atoms with E-state index in [1.54, 1.807) is 18.9 Å². The van der Waals surface area contributed by atoms with Gasteiger partial charge in [-0.25, -0.2) is 17.5 Å². The van der Waals surface area contributed by atoms with E-state index in [4.69, 9.17) is 4.74 Å². The molecule has 1 amide bonds. The number of aromatic amines is 1. The van der Waals surface area contributed by atoms with Crippen LogP contribution < -0.4 is 9.46 Å². The summed E-state index contributed by atoms with van der Waals surface area (Å²) >= 11 is 0. The SMILES string of the molecule is CCNS(=O)(=O)c1ccc(F)c(C(=O)N2CCC(c3c[nH]c4ccc(OC)cc34)CC2)c1. The number of rotatable bonds is 6. The van der Waals surface area contributed by atoms with Crippen molar-refractivity contribution in [3.05, 3.63) is 59.5 Å². The fraction of sp³-hybridized carbons (Fsp3) is 0.348. The van der Waals surface area contributed by atoms with Gasteiger partial charge in [-0.3, -0.25) is 4.79 Å². The van der Waals surface area contributed by atoms with Crippen molar-refractivity contribution in [2.75, 3.05) is 26.7 Å². The van der Waals surface area contributed by atoms with Gasteiger partial charge in [0, 0.05) is 36.7 Å². The zero-order valence-corrected chi connectivity index (χ0v) is 18.8. The van der Waals surface area contributed by atoms with E-state index in [1.807, 2.05) is 24.4 Å². The number of aromatic nitrogens is 1. The highest BCUT2D eigenvalue weighted by atomic mass is 32.2. The van der Waals surface area contributed by atoms with Crippen molar-refractivity contribution in [2.45, 2.75) is 30.6 Å². The maximum atomic E-state index is 14.4. The number of nitrogens with one attached hydrogen (secondary N) is 2. The van der Waals surface area contributed by atoms with Gasteiger partial charge in [0.1, 0.15) is 11.6 Å². The van der Waals surface area contributed by atoms with Gasteiger partial charge in [0.15, 0.2) is 0 Å². The van der Waals surface area contributed by atoms with Gasteiger partial charge >= 0.3 is 0 Å². The number of carbonyl (C=O) groups excluding carboxylic acids is 1. The maximum absolute atomic E-state index is 14.4. The molecule has 1 aliphatic rings. The summed E-state index contributed by atoms with van der Waals surface area (Å²) in [5, 5.41) is 1.10. The maximum Gasteiger partial charge on any atom is 0.256 e. The van der Waals surface area contributed by atoms with E-state index in [0.717, 1.165) is 41.6 Å². The molecule has 2 heterocycles. The Bertz CT molecular complexity index is 1250. The van der Waals surface area contributed by atoms with Gasteiger partial charge in [-0.05, 0) is 60.7 Å². The summed E-state index contributed by atoms with van der Waals surface area (Å²) in [5.74, 6) is -0.176. The van der Waals surface area contributed by atoms with Gasteiger partial charge in [-0.2, -0.15) is 0 Å². The first-order chi connectivity index (χ1) is 15.3. The lowest BCUT2D eigenvalue weighted by Crippen LogP contribution is -2.38. The lowest BCUT2D eigenvalue weighted by molar-refractivity contribution is 0.0708. The number of piperidine rings is 1. The third-order valence-corrected chi connectivity index (χ3v) is 7.50. The van der Waals surface area contributed by atoms with Crippen molar-refractivity contribution >= 4 is 26.8 Å². The molecule has 0 radical (unpaired) electrons. The Kier molecular flexibility index (Phi) is 6.21. The van der Waals surface area contributed by atoms with Gasteiger partial charge in [0.05, 0.1) is 17.6 Å². The monoisotopic (exact) mass is 459 g/mol. The van der Waals surface area contributed by atoms with Gasteiger partial charge in [0.2, 0.25) is 10.0 Å². The number of sulfonamides is 1. The summed E-state index contributed by atoms with van der Waals surface area (Å²) in [6.07, 6.45) is 3.46. The molecular formula is C23H26FN3O4S. The van der Waals surface area contributed by atoms with E-state index in [0.29, 0.717) is 13.1 Å². The molecule has 1 aromatic heterocycles. The minimum atomic E-state index is -3.78. The van der Waals surface area contributed by atoms with Crippen LogP contribution in [-0.4, -0.2) is 51.0 Å². The van der Waals surface area contributed by atoms with Crippen LogP contribution >= 0.6 is 0 Å². The van der Waals surface area contributed by atoms with Crippen LogP contribution in [-0.2, 0) is 10.0 Å². The third-order valence-electron chi connectivity index (χ3n) is 5.96. The Balaban J connectivity index is 1.51. The number of methoxy groups -OCH3 is 1. The summed E-state index contributed by atoms with van der Waals surface area (Å²) < 4.78 is 46.6. The van der Waals surface area contributed by atoms with E-state index in [1.165, 1.54) is 11.6 Å². The fourth-order valence-electron chi connectivity index (χ4n) is 4.26. The number of H-pyrrole nitrogens is 1. The quantitative estimate of drug-likeness (QED) is 0.589. The van der Waals surface area contributed by atoms with Crippen molar-refractivity contribution < 1.29 is 22.3 Å². The zero-order chi connectivity index (χ0) is 22.9. The highest BCUT2D eigenvalue weighted by molar-refractivity contribution is 7.89. The molecule has 0 saturated carbocycles. The summed E-state index contributed by atoms with van der Waals surface area (Å²) in [6.45, 7) is 2.78. The smallest absolute Gasteiger partial charge is 0.256 e. The second-order valence-electron chi connectivity index (χ2n) is 7.86. The molecule has 4 rings (SSSR count). The Labute approximate surface area is 186 Å². The van der Waals surface area contributed by atoms with Gasteiger partial charge < -0.3 is 14.6 Å². The van der Waals surface area contributed by atoms with Crippen LogP contribution in [0, 0.1) is 5.82 Å². The topological polar surface area (TPSA) is 91.5 Å². The molecule has 1 aliphatic heterocycles. The average Bonchev–Trinajstić information content (AvgIpc) is 3.22. The Morgan fingerprint density at radius 3 is 2.66 bits per heavy atom. The molecule has 7 nitrogen and oxygen atoms in total. The van der Waals surface area contributed by atoms with E-state index in [9.17, 15) is 17.6 Å². The Morgan fingerprint density at radius 2 is 1.97 bits per heavy atom. The second-order valence-corrected chi connectivity index (χ2v) is 9.63. The summed E-state index contributed by atoms with van der Waals surface area (Å²) in [6, 6.07) is 9.21. The number of nitrogens with zero attached hydrogens (tertiary/aromatic N) is 1. The van der Waals surface area contributed by atoms with Crippen LogP contribution in [0.1, 0.15) is 41.6 Å². The standard InChI is InChI=1S/C23H26FN3O4S/c1-3-26-32(29,30)17-5-6-21(24)19(13-17)23(28)27-10-8-15(9-11-27)20-14-25-22-7-4-16(31-2)12-18(20)22/h4-7,12-15,25-26H,3,8-11H2,1-2H3. The summed E-state index contributed by atoms with van der Waals surface area (Å²) in [7, 11) is -2.15. The number of carbonyl (C=O) groups is 1. The van der Waals surface area contributed by atoms with E-state index in [2.05, 4.69) is 9.71 Å². The highest BCUT2D eigenvalue weighted by Gasteiger charge is 2.28. The normalized spacial score (nSPS) is 15.3. The van der Waals surface area contributed by atoms with Crippen molar-refractivity contribution in [1.29, 1.82) is 0 Å². The molecule has 170 valence electrons. The van der Waals surface area contributed by atoms with Crippen LogP contribution in [0.4, 0.5) is 4.39 Å².